The van der Waals surface area contributed by atoms with E-state index in [9.17, 15) is 13.2 Å². The first kappa shape index (κ1) is 16.4. The molecule has 1 rings (SSSR count). The van der Waals surface area contributed by atoms with Crippen LogP contribution >= 0.6 is 0 Å². The van der Waals surface area contributed by atoms with Gasteiger partial charge in [-0.2, -0.15) is 8.42 Å². The number of carbonyl (C=O) groups is 1. The van der Waals surface area contributed by atoms with Crippen LogP contribution in [0.2, 0.25) is 0 Å². The van der Waals surface area contributed by atoms with E-state index >= 15 is 0 Å². The lowest BCUT2D eigenvalue weighted by Gasteiger charge is -2.18. The van der Waals surface area contributed by atoms with Gasteiger partial charge in [0.25, 0.3) is 11.8 Å². The number of amides is 1. The monoisotopic (exact) mass is 305 g/mol. The van der Waals surface area contributed by atoms with Gasteiger partial charge in [-0.05, 0) is 27.7 Å². The predicted octanol–water partition coefficient (Wildman–Crippen LogP) is 0.658. The SMILES string of the molecule is CCS(=O)(=O)Oc1nn(C(C)(C)C)cc1C(=O)NOC. The van der Waals surface area contributed by atoms with E-state index in [0.717, 1.165) is 0 Å². The topological polar surface area (TPSA) is 99.5 Å². The summed E-state index contributed by atoms with van der Waals surface area (Å²) in [6, 6.07) is 0. The number of carbonyl (C=O) groups excluding carboxylic acids is 1. The Balaban J connectivity index is 3.26. The lowest BCUT2D eigenvalue weighted by molar-refractivity contribution is 0.0536. The summed E-state index contributed by atoms with van der Waals surface area (Å²) in [6.07, 6.45) is 1.41. The van der Waals surface area contributed by atoms with Gasteiger partial charge in [0.2, 0.25) is 0 Å². The number of rotatable bonds is 5. The summed E-state index contributed by atoms with van der Waals surface area (Å²) in [7, 11) is -2.50. The third-order valence-corrected chi connectivity index (χ3v) is 3.49. The van der Waals surface area contributed by atoms with Gasteiger partial charge in [0.1, 0.15) is 5.56 Å². The standard InChI is InChI=1S/C11H19N3O5S/c1-6-20(16,17)19-10-8(9(15)13-18-5)7-14(12-10)11(2,3)4/h7H,6H2,1-5H3,(H,13,15). The first-order valence-electron chi connectivity index (χ1n) is 5.96. The molecule has 0 radical (unpaired) electrons. The van der Waals surface area contributed by atoms with Crippen molar-refractivity contribution in [1.29, 1.82) is 0 Å². The quantitative estimate of drug-likeness (QED) is 0.633. The molecule has 1 aromatic heterocycles. The van der Waals surface area contributed by atoms with Crippen LogP contribution in [0.4, 0.5) is 0 Å². The maximum absolute atomic E-state index is 11.8. The molecule has 1 amide bonds. The molecule has 0 unspecified atom stereocenters. The minimum atomic E-state index is -3.77. The fourth-order valence-electron chi connectivity index (χ4n) is 1.25. The van der Waals surface area contributed by atoms with E-state index in [0.29, 0.717) is 0 Å². The van der Waals surface area contributed by atoms with E-state index < -0.39 is 21.6 Å². The fourth-order valence-corrected chi connectivity index (χ4v) is 1.73. The van der Waals surface area contributed by atoms with Gasteiger partial charge >= 0.3 is 10.1 Å². The highest BCUT2D eigenvalue weighted by Crippen LogP contribution is 2.23. The van der Waals surface area contributed by atoms with Crippen LogP contribution in [0.3, 0.4) is 0 Å². The summed E-state index contributed by atoms with van der Waals surface area (Å²) in [6.45, 7) is 7.01. The number of nitrogens with one attached hydrogen (secondary N) is 1. The molecule has 0 saturated carbocycles. The highest BCUT2D eigenvalue weighted by molar-refractivity contribution is 7.87. The molecule has 1 N–H and O–H groups in total. The molecular weight excluding hydrogens is 286 g/mol. The van der Waals surface area contributed by atoms with Gasteiger partial charge < -0.3 is 4.18 Å². The Morgan fingerprint density at radius 3 is 2.50 bits per heavy atom. The lowest BCUT2D eigenvalue weighted by atomic mass is 10.1. The van der Waals surface area contributed by atoms with E-state index in [1.165, 1.54) is 24.9 Å². The summed E-state index contributed by atoms with van der Waals surface area (Å²) in [5, 5.41) is 4.02. The normalized spacial score (nSPS) is 12.2. The Bertz CT molecular complexity index is 586. The van der Waals surface area contributed by atoms with Crippen LogP contribution in [-0.2, 0) is 20.5 Å². The van der Waals surface area contributed by atoms with Gasteiger partial charge in [-0.1, -0.05) is 0 Å². The van der Waals surface area contributed by atoms with E-state index in [4.69, 9.17) is 4.18 Å². The van der Waals surface area contributed by atoms with Crippen molar-refractivity contribution in [1.82, 2.24) is 15.3 Å². The second-order valence-electron chi connectivity index (χ2n) is 5.03. The van der Waals surface area contributed by atoms with Crippen molar-refractivity contribution < 1.29 is 22.2 Å². The third kappa shape index (κ3) is 3.94. The van der Waals surface area contributed by atoms with Gasteiger partial charge in [-0.15, -0.1) is 5.10 Å². The summed E-state index contributed by atoms with van der Waals surface area (Å²) in [5.41, 5.74) is 1.66. The molecule has 8 nitrogen and oxygen atoms in total. The van der Waals surface area contributed by atoms with Crippen molar-refractivity contribution in [2.24, 2.45) is 0 Å². The van der Waals surface area contributed by atoms with E-state index in [1.54, 1.807) is 0 Å². The zero-order chi connectivity index (χ0) is 15.6. The largest absolute Gasteiger partial charge is 0.359 e. The molecular formula is C11H19N3O5S. The van der Waals surface area contributed by atoms with Gasteiger partial charge in [0.15, 0.2) is 0 Å². The first-order chi connectivity index (χ1) is 9.10. The zero-order valence-electron chi connectivity index (χ0n) is 12.1. The third-order valence-electron chi connectivity index (χ3n) is 2.37. The average molecular weight is 305 g/mol. The number of aromatic nitrogens is 2. The van der Waals surface area contributed by atoms with Crippen molar-refractivity contribution in [3.05, 3.63) is 11.8 Å². The van der Waals surface area contributed by atoms with Crippen molar-refractivity contribution in [2.45, 2.75) is 33.2 Å². The summed E-state index contributed by atoms with van der Waals surface area (Å²) >= 11 is 0. The number of nitrogens with zero attached hydrogens (tertiary/aromatic N) is 2. The molecule has 0 aliphatic heterocycles. The maximum atomic E-state index is 11.8. The molecule has 9 heteroatoms. The highest BCUT2D eigenvalue weighted by atomic mass is 32.2. The molecule has 1 heterocycles. The first-order valence-corrected chi connectivity index (χ1v) is 7.54. The summed E-state index contributed by atoms with van der Waals surface area (Å²) in [4.78, 5) is 16.3. The van der Waals surface area contributed by atoms with Gasteiger partial charge in [0, 0.05) is 6.20 Å². The molecule has 0 spiro atoms. The van der Waals surface area contributed by atoms with Gasteiger partial charge in [-0.3, -0.25) is 14.3 Å². The molecule has 0 aliphatic carbocycles. The zero-order valence-corrected chi connectivity index (χ0v) is 12.9. The van der Waals surface area contributed by atoms with Crippen LogP contribution < -0.4 is 9.66 Å². The van der Waals surface area contributed by atoms with Gasteiger partial charge in [0.05, 0.1) is 18.4 Å². The molecule has 0 atom stereocenters. The molecule has 0 saturated heterocycles. The Morgan fingerprint density at radius 2 is 2.05 bits per heavy atom. The van der Waals surface area contributed by atoms with Crippen molar-refractivity contribution >= 4 is 16.0 Å². The molecule has 0 fully saturated rings. The smallest absolute Gasteiger partial charge is 0.310 e. The molecule has 1 aromatic rings. The van der Waals surface area contributed by atoms with Crippen LogP contribution in [0, 0.1) is 0 Å². The second-order valence-corrected chi connectivity index (χ2v) is 6.89. The van der Waals surface area contributed by atoms with Gasteiger partial charge in [-0.25, -0.2) is 5.48 Å². The predicted molar refractivity (Wildman–Crippen MR) is 71.8 cm³/mol. The van der Waals surface area contributed by atoms with Crippen LogP contribution in [0.1, 0.15) is 38.1 Å². The van der Waals surface area contributed by atoms with Crippen molar-refractivity contribution in [3.8, 4) is 5.88 Å². The fraction of sp³-hybridized carbons (Fsp3) is 0.636. The number of hydrogen-bond acceptors (Lipinski definition) is 6. The molecule has 0 aliphatic rings. The summed E-state index contributed by atoms with van der Waals surface area (Å²) < 4.78 is 29.4. The number of hydrogen-bond donors (Lipinski definition) is 1. The molecule has 0 aromatic carbocycles. The van der Waals surface area contributed by atoms with E-state index in [2.05, 4.69) is 15.4 Å². The molecule has 0 bridgehead atoms. The van der Waals surface area contributed by atoms with Crippen LogP contribution in [0.25, 0.3) is 0 Å². The van der Waals surface area contributed by atoms with Crippen molar-refractivity contribution in [3.63, 3.8) is 0 Å². The molecule has 114 valence electrons. The minimum absolute atomic E-state index is 0.0150. The number of hydroxylamine groups is 1. The van der Waals surface area contributed by atoms with Crippen LogP contribution in [-0.4, -0.2) is 37.0 Å². The Kier molecular flexibility index (Phi) is 4.77. The Labute approximate surface area is 118 Å². The Hall–Kier alpha value is -1.61. The average Bonchev–Trinajstić information content (AvgIpc) is 2.72. The second kappa shape index (κ2) is 5.80. The van der Waals surface area contributed by atoms with Crippen LogP contribution in [0.5, 0.6) is 5.88 Å². The van der Waals surface area contributed by atoms with Crippen LogP contribution in [0.15, 0.2) is 6.20 Å². The van der Waals surface area contributed by atoms with Crippen molar-refractivity contribution in [2.75, 3.05) is 12.9 Å². The van der Waals surface area contributed by atoms with E-state index in [1.807, 2.05) is 20.8 Å². The Morgan fingerprint density at radius 1 is 1.45 bits per heavy atom. The lowest BCUT2D eigenvalue weighted by Crippen LogP contribution is -2.23. The highest BCUT2D eigenvalue weighted by Gasteiger charge is 2.26. The van der Waals surface area contributed by atoms with E-state index in [-0.39, 0.29) is 17.2 Å². The minimum Gasteiger partial charge on any atom is -0.359 e. The summed E-state index contributed by atoms with van der Waals surface area (Å²) in [5.74, 6) is -1.12. The maximum Gasteiger partial charge on any atom is 0.310 e. The molecule has 20 heavy (non-hydrogen) atoms.